The average molecular weight is 487 g/mol. The smallest absolute Gasteiger partial charge is 0.123 e. The molecule has 3 heteroatoms. The van der Waals surface area contributed by atoms with E-state index >= 15 is 0 Å². The number of nitrogens with zero attached hydrogens (tertiary/aromatic N) is 2. The third-order valence-electron chi connectivity index (χ3n) is 8.08. The van der Waals surface area contributed by atoms with Gasteiger partial charge in [-0.3, -0.25) is 9.80 Å². The molecular formula is C33H46N2O. The second kappa shape index (κ2) is 13.8. The van der Waals surface area contributed by atoms with Crippen molar-refractivity contribution in [1.82, 2.24) is 9.80 Å². The van der Waals surface area contributed by atoms with Gasteiger partial charge in [-0.1, -0.05) is 80.5 Å². The second-order valence-electron chi connectivity index (χ2n) is 10.6. The largest absolute Gasteiger partial charge is 0.507 e. The number of fused-ring (bicyclic) bond motifs is 1. The number of allylic oxidation sites excluding steroid dienone is 4. The summed E-state index contributed by atoms with van der Waals surface area (Å²) in [5.74, 6) is 1.02. The Morgan fingerprint density at radius 1 is 0.972 bits per heavy atom. The van der Waals surface area contributed by atoms with Gasteiger partial charge in [-0.2, -0.15) is 0 Å². The predicted molar refractivity (Wildman–Crippen MR) is 152 cm³/mol. The molecule has 1 N–H and O–H groups in total. The van der Waals surface area contributed by atoms with Crippen LogP contribution in [0.1, 0.15) is 87.0 Å². The number of benzene rings is 2. The first kappa shape index (κ1) is 26.7. The maximum Gasteiger partial charge on any atom is 0.123 e. The fourth-order valence-electron chi connectivity index (χ4n) is 5.99. The van der Waals surface area contributed by atoms with E-state index in [0.717, 1.165) is 64.1 Å². The first-order valence-electron chi connectivity index (χ1n) is 14.3. The molecule has 0 bridgehead atoms. The van der Waals surface area contributed by atoms with Gasteiger partial charge in [-0.25, -0.2) is 0 Å². The zero-order chi connectivity index (χ0) is 25.2. The molecule has 0 amide bonds. The summed E-state index contributed by atoms with van der Waals surface area (Å²) >= 11 is 0. The van der Waals surface area contributed by atoms with Crippen LogP contribution in [0.4, 0.5) is 0 Å². The number of aromatic hydroxyl groups is 1. The van der Waals surface area contributed by atoms with Crippen molar-refractivity contribution in [1.29, 1.82) is 0 Å². The zero-order valence-electron chi connectivity index (χ0n) is 22.6. The molecular weight excluding hydrogens is 440 g/mol. The highest BCUT2D eigenvalue weighted by molar-refractivity contribution is 5.47. The highest BCUT2D eigenvalue weighted by Gasteiger charge is 2.22. The summed E-state index contributed by atoms with van der Waals surface area (Å²) in [4.78, 5) is 5.11. The molecule has 2 heterocycles. The van der Waals surface area contributed by atoms with E-state index in [1.807, 2.05) is 0 Å². The lowest BCUT2D eigenvalue weighted by Crippen LogP contribution is -2.32. The first-order valence-corrected chi connectivity index (χ1v) is 14.3. The van der Waals surface area contributed by atoms with Crippen LogP contribution in [0, 0.1) is 0 Å². The van der Waals surface area contributed by atoms with E-state index in [1.165, 1.54) is 54.4 Å². The van der Waals surface area contributed by atoms with Gasteiger partial charge in [0.15, 0.2) is 0 Å². The van der Waals surface area contributed by atoms with Crippen molar-refractivity contribution in [2.24, 2.45) is 0 Å². The van der Waals surface area contributed by atoms with E-state index in [2.05, 4.69) is 84.3 Å². The van der Waals surface area contributed by atoms with Crippen molar-refractivity contribution in [3.8, 4) is 5.75 Å². The molecule has 0 radical (unpaired) electrons. The molecule has 0 saturated carbocycles. The molecule has 4 rings (SSSR count). The minimum atomic E-state index is 0.446. The predicted octanol–water partition coefficient (Wildman–Crippen LogP) is 7.60. The molecule has 2 aliphatic heterocycles. The average Bonchev–Trinajstić information content (AvgIpc) is 3.19. The Balaban J connectivity index is 1.36. The van der Waals surface area contributed by atoms with Gasteiger partial charge < -0.3 is 5.11 Å². The molecule has 0 aromatic heterocycles. The second-order valence-corrected chi connectivity index (χ2v) is 10.6. The summed E-state index contributed by atoms with van der Waals surface area (Å²) in [6, 6.07) is 15.5. The molecule has 2 aromatic rings. The normalized spacial score (nSPS) is 18.8. The van der Waals surface area contributed by atoms with Crippen LogP contribution in [-0.4, -0.2) is 41.1 Å². The summed E-state index contributed by atoms with van der Waals surface area (Å²) in [5.41, 5.74) is 6.47. The first-order chi connectivity index (χ1) is 17.7. The fraction of sp³-hybridized carbons (Fsp3) is 0.515. The zero-order valence-corrected chi connectivity index (χ0v) is 22.6. The molecule has 3 nitrogen and oxygen atoms in total. The summed E-state index contributed by atoms with van der Waals surface area (Å²) in [7, 11) is 0. The van der Waals surface area contributed by atoms with Gasteiger partial charge in [0.2, 0.25) is 0 Å². The van der Waals surface area contributed by atoms with E-state index in [9.17, 15) is 5.11 Å². The third-order valence-corrected chi connectivity index (χ3v) is 8.08. The van der Waals surface area contributed by atoms with Crippen molar-refractivity contribution in [3.63, 3.8) is 0 Å². The molecule has 36 heavy (non-hydrogen) atoms. The SMILES string of the molecule is C/C=C(\C=C/CC)C(CCCN1CCc2c(ccc(CN3CCCCCC3)c2O)C1)c1ccccc1. The molecule has 1 atom stereocenters. The van der Waals surface area contributed by atoms with E-state index in [4.69, 9.17) is 0 Å². The molecule has 0 spiro atoms. The number of hydrogen-bond donors (Lipinski definition) is 1. The Labute approximate surface area is 219 Å². The van der Waals surface area contributed by atoms with Crippen LogP contribution in [0.2, 0.25) is 0 Å². The van der Waals surface area contributed by atoms with Gasteiger partial charge in [0.25, 0.3) is 0 Å². The van der Waals surface area contributed by atoms with Gasteiger partial charge in [0.05, 0.1) is 0 Å². The minimum absolute atomic E-state index is 0.446. The lowest BCUT2D eigenvalue weighted by Gasteiger charge is -2.31. The monoisotopic (exact) mass is 486 g/mol. The van der Waals surface area contributed by atoms with Gasteiger partial charge in [-0.15, -0.1) is 0 Å². The van der Waals surface area contributed by atoms with Crippen LogP contribution >= 0.6 is 0 Å². The van der Waals surface area contributed by atoms with E-state index in [0.29, 0.717) is 11.7 Å². The quantitative estimate of drug-likeness (QED) is 0.350. The van der Waals surface area contributed by atoms with E-state index in [1.54, 1.807) is 0 Å². The molecule has 194 valence electrons. The summed E-state index contributed by atoms with van der Waals surface area (Å²) in [6.45, 7) is 10.7. The molecule has 1 unspecified atom stereocenters. The van der Waals surface area contributed by atoms with Crippen LogP contribution in [0.5, 0.6) is 5.75 Å². The third kappa shape index (κ3) is 7.11. The summed E-state index contributed by atoms with van der Waals surface area (Å²) in [6.07, 6.45) is 16.5. The van der Waals surface area contributed by atoms with Crippen molar-refractivity contribution in [3.05, 3.63) is 88.5 Å². The highest BCUT2D eigenvalue weighted by atomic mass is 16.3. The number of likely N-dealkylation sites (tertiary alicyclic amines) is 1. The van der Waals surface area contributed by atoms with Crippen molar-refractivity contribution >= 4 is 0 Å². The lowest BCUT2D eigenvalue weighted by atomic mass is 9.86. The molecule has 2 aliphatic rings. The van der Waals surface area contributed by atoms with Crippen molar-refractivity contribution < 1.29 is 5.11 Å². The standard InChI is InChI=1S/C33H46N2O/c1-3-5-14-27(4-2)31(28-15-9-8-10-16-28)17-13-23-35-24-20-32-29(25-35)18-19-30(33(32)36)26-34-21-11-6-7-12-22-34/h4-5,8-10,14-16,18-19,31,36H,3,6-7,11-13,17,20-26H2,1-2H3/b14-5-,27-4+. The van der Waals surface area contributed by atoms with Crippen molar-refractivity contribution in [2.75, 3.05) is 26.2 Å². The maximum atomic E-state index is 11.1. The van der Waals surface area contributed by atoms with Crippen LogP contribution in [0.3, 0.4) is 0 Å². The number of phenolic OH excluding ortho intramolecular Hbond substituents is 1. The molecule has 2 aromatic carbocycles. The molecule has 1 saturated heterocycles. The number of phenols is 1. The van der Waals surface area contributed by atoms with Gasteiger partial charge >= 0.3 is 0 Å². The lowest BCUT2D eigenvalue weighted by molar-refractivity contribution is 0.243. The topological polar surface area (TPSA) is 26.7 Å². The molecule has 1 fully saturated rings. The summed E-state index contributed by atoms with van der Waals surface area (Å²) in [5, 5.41) is 11.1. The Kier molecular flexibility index (Phi) is 10.2. The number of hydrogen-bond acceptors (Lipinski definition) is 3. The highest BCUT2D eigenvalue weighted by Crippen LogP contribution is 2.33. The summed E-state index contributed by atoms with van der Waals surface area (Å²) < 4.78 is 0. The van der Waals surface area contributed by atoms with Gasteiger partial charge in [0, 0.05) is 31.1 Å². The maximum absolute atomic E-state index is 11.1. The Morgan fingerprint density at radius 2 is 1.75 bits per heavy atom. The fourth-order valence-corrected chi connectivity index (χ4v) is 5.99. The Bertz CT molecular complexity index is 1000. The van der Waals surface area contributed by atoms with E-state index < -0.39 is 0 Å². The molecule has 0 aliphatic carbocycles. The Morgan fingerprint density at radius 3 is 2.47 bits per heavy atom. The minimum Gasteiger partial charge on any atom is -0.507 e. The Hall–Kier alpha value is -2.36. The van der Waals surface area contributed by atoms with Gasteiger partial charge in [0.1, 0.15) is 5.75 Å². The van der Waals surface area contributed by atoms with Crippen LogP contribution in [-0.2, 0) is 19.5 Å². The van der Waals surface area contributed by atoms with Crippen LogP contribution < -0.4 is 0 Å². The number of rotatable bonds is 10. The van der Waals surface area contributed by atoms with Crippen molar-refractivity contribution in [2.45, 2.75) is 84.2 Å². The van der Waals surface area contributed by atoms with Crippen LogP contribution in [0.25, 0.3) is 0 Å². The van der Waals surface area contributed by atoms with Crippen LogP contribution in [0.15, 0.2) is 66.3 Å². The van der Waals surface area contributed by atoms with Gasteiger partial charge in [-0.05, 0) is 87.3 Å². The van der Waals surface area contributed by atoms with E-state index in [-0.39, 0.29) is 0 Å².